The minimum absolute atomic E-state index is 0. The quantitative estimate of drug-likeness (QED) is 0.906. The van der Waals surface area contributed by atoms with Crippen LogP contribution in [0.4, 0.5) is 10.1 Å². The average Bonchev–Trinajstić information content (AvgIpc) is 2.80. The summed E-state index contributed by atoms with van der Waals surface area (Å²) >= 11 is 0. The number of carbonyl (C=O) groups excluding carboxylic acids is 2. The van der Waals surface area contributed by atoms with Crippen molar-refractivity contribution in [1.82, 2.24) is 4.90 Å². The van der Waals surface area contributed by atoms with Crippen LogP contribution in [0.1, 0.15) is 12.8 Å². The molecular weight excluding hydrogens is 297 g/mol. The van der Waals surface area contributed by atoms with Crippen molar-refractivity contribution >= 4 is 29.9 Å². The highest BCUT2D eigenvalue weighted by Crippen LogP contribution is 2.26. The van der Waals surface area contributed by atoms with Crippen molar-refractivity contribution in [2.75, 3.05) is 25.0 Å². The predicted molar refractivity (Wildman–Crippen MR) is 80.8 cm³/mol. The number of hydrogen-bond acceptors (Lipinski definition) is 3. The smallest absolute Gasteiger partial charge is 0.249 e. The van der Waals surface area contributed by atoms with Gasteiger partial charge in [-0.15, -0.1) is 12.4 Å². The van der Waals surface area contributed by atoms with Gasteiger partial charge in [-0.05, 0) is 18.6 Å². The van der Waals surface area contributed by atoms with Gasteiger partial charge in [0, 0.05) is 26.6 Å². The molecule has 0 bridgehead atoms. The van der Waals surface area contributed by atoms with Crippen molar-refractivity contribution in [3.63, 3.8) is 0 Å². The Morgan fingerprint density at radius 2 is 2.14 bits per heavy atom. The van der Waals surface area contributed by atoms with Crippen LogP contribution >= 0.6 is 12.4 Å². The van der Waals surface area contributed by atoms with Crippen molar-refractivity contribution in [1.29, 1.82) is 0 Å². The summed E-state index contributed by atoms with van der Waals surface area (Å²) in [6.07, 6.45) is 0.708. The first-order valence-corrected chi connectivity index (χ1v) is 6.58. The van der Waals surface area contributed by atoms with Gasteiger partial charge in [0.1, 0.15) is 11.9 Å². The average molecular weight is 316 g/mol. The van der Waals surface area contributed by atoms with Crippen LogP contribution in [0.2, 0.25) is 0 Å². The summed E-state index contributed by atoms with van der Waals surface area (Å²) in [5.41, 5.74) is 5.61. The Balaban J connectivity index is 0.00000220. The fourth-order valence-corrected chi connectivity index (χ4v) is 2.41. The van der Waals surface area contributed by atoms with Crippen LogP contribution < -0.4 is 10.6 Å². The molecule has 1 aromatic rings. The molecule has 0 aromatic heterocycles. The lowest BCUT2D eigenvalue weighted by atomic mass is 10.2. The van der Waals surface area contributed by atoms with Gasteiger partial charge in [-0.1, -0.05) is 12.1 Å². The lowest BCUT2D eigenvalue weighted by molar-refractivity contribution is -0.136. The minimum atomic E-state index is -0.534. The van der Waals surface area contributed by atoms with Crippen molar-refractivity contribution in [2.45, 2.75) is 18.9 Å². The Bertz CT molecular complexity index is 527. The number of nitrogens with two attached hydrogens (primary N) is 1. The molecule has 1 fully saturated rings. The Morgan fingerprint density at radius 1 is 1.48 bits per heavy atom. The number of carbonyl (C=O) groups is 2. The lowest BCUT2D eigenvalue weighted by Gasteiger charge is -2.24. The Kier molecular flexibility index (Phi) is 6.11. The molecule has 1 heterocycles. The van der Waals surface area contributed by atoms with Gasteiger partial charge in [-0.25, -0.2) is 4.39 Å². The third-order valence-corrected chi connectivity index (χ3v) is 3.54. The van der Waals surface area contributed by atoms with Crippen molar-refractivity contribution in [2.24, 2.45) is 5.73 Å². The molecule has 1 aromatic carbocycles. The number of amides is 2. The number of nitrogens with zero attached hydrogens (tertiary/aromatic N) is 2. The second kappa shape index (κ2) is 7.38. The molecule has 0 saturated carbocycles. The summed E-state index contributed by atoms with van der Waals surface area (Å²) in [4.78, 5) is 26.9. The third-order valence-electron chi connectivity index (χ3n) is 3.54. The first-order valence-electron chi connectivity index (χ1n) is 6.58. The molecule has 5 nitrogen and oxygen atoms in total. The first kappa shape index (κ1) is 17.4. The summed E-state index contributed by atoms with van der Waals surface area (Å²) in [5, 5.41) is 0. The zero-order chi connectivity index (χ0) is 14.7. The van der Waals surface area contributed by atoms with E-state index < -0.39 is 11.9 Å². The van der Waals surface area contributed by atoms with E-state index in [-0.39, 0.29) is 42.9 Å². The molecule has 2 rings (SSSR count). The maximum absolute atomic E-state index is 13.7. The van der Waals surface area contributed by atoms with Crippen molar-refractivity contribution in [3.05, 3.63) is 30.1 Å². The number of benzene rings is 1. The largest absolute Gasteiger partial charge is 0.334 e. The SMILES string of the molecule is CN(C(=O)CCN)C1CCN(c2ccccc2F)C1=O.Cl. The maximum Gasteiger partial charge on any atom is 0.249 e. The van der Waals surface area contributed by atoms with Gasteiger partial charge >= 0.3 is 0 Å². The monoisotopic (exact) mass is 315 g/mol. The van der Waals surface area contributed by atoms with Gasteiger partial charge in [0.05, 0.1) is 5.69 Å². The molecule has 1 aliphatic heterocycles. The molecule has 1 atom stereocenters. The molecule has 0 aliphatic carbocycles. The van der Waals surface area contributed by atoms with Gasteiger partial charge in [-0.3, -0.25) is 9.59 Å². The Labute approximate surface area is 129 Å². The number of hydrogen-bond donors (Lipinski definition) is 1. The molecular formula is C14H19ClFN3O2. The van der Waals surface area contributed by atoms with Gasteiger partial charge in [0.2, 0.25) is 11.8 Å². The van der Waals surface area contributed by atoms with E-state index >= 15 is 0 Å². The fraction of sp³-hybridized carbons (Fsp3) is 0.429. The lowest BCUT2D eigenvalue weighted by Crippen LogP contribution is -2.43. The van der Waals surface area contributed by atoms with Crippen LogP contribution in [0.25, 0.3) is 0 Å². The zero-order valence-corrected chi connectivity index (χ0v) is 12.6. The van der Waals surface area contributed by atoms with E-state index in [2.05, 4.69) is 0 Å². The van der Waals surface area contributed by atoms with Crippen LogP contribution in [-0.2, 0) is 9.59 Å². The molecule has 1 aliphatic rings. The number of rotatable bonds is 4. The van der Waals surface area contributed by atoms with E-state index in [0.29, 0.717) is 13.0 Å². The van der Waals surface area contributed by atoms with Gasteiger partial charge in [-0.2, -0.15) is 0 Å². The van der Waals surface area contributed by atoms with Gasteiger partial charge in [0.15, 0.2) is 0 Å². The third kappa shape index (κ3) is 3.51. The number of para-hydroxylation sites is 1. The number of likely N-dealkylation sites (N-methyl/N-ethyl adjacent to an activating group) is 1. The normalized spacial score (nSPS) is 17.6. The van der Waals surface area contributed by atoms with E-state index in [1.165, 1.54) is 15.9 Å². The molecule has 0 radical (unpaired) electrons. The molecule has 7 heteroatoms. The molecule has 2 N–H and O–H groups in total. The molecule has 116 valence electrons. The summed E-state index contributed by atoms with van der Waals surface area (Å²) in [6, 6.07) is 5.61. The Morgan fingerprint density at radius 3 is 2.76 bits per heavy atom. The summed E-state index contributed by atoms with van der Waals surface area (Å²) in [7, 11) is 1.59. The fourth-order valence-electron chi connectivity index (χ4n) is 2.41. The zero-order valence-electron chi connectivity index (χ0n) is 11.8. The van der Waals surface area contributed by atoms with Gasteiger partial charge < -0.3 is 15.5 Å². The van der Waals surface area contributed by atoms with E-state index in [1.54, 1.807) is 25.2 Å². The second-order valence-electron chi connectivity index (χ2n) is 4.79. The van der Waals surface area contributed by atoms with E-state index in [9.17, 15) is 14.0 Å². The molecule has 1 saturated heterocycles. The number of halogens is 2. The second-order valence-corrected chi connectivity index (χ2v) is 4.79. The highest BCUT2D eigenvalue weighted by atomic mass is 35.5. The van der Waals surface area contributed by atoms with Crippen molar-refractivity contribution < 1.29 is 14.0 Å². The highest BCUT2D eigenvalue weighted by Gasteiger charge is 2.37. The van der Waals surface area contributed by atoms with Crippen LogP contribution in [0.3, 0.4) is 0 Å². The molecule has 1 unspecified atom stereocenters. The molecule has 21 heavy (non-hydrogen) atoms. The standard InChI is InChI=1S/C14H18FN3O2.ClH/c1-17(13(19)6-8-16)12-7-9-18(14(12)20)11-5-3-2-4-10(11)15;/h2-5,12H,6-9,16H2,1H3;1H. The summed E-state index contributed by atoms with van der Waals surface area (Å²) in [6.45, 7) is 0.659. The predicted octanol–water partition coefficient (Wildman–Crippen LogP) is 1.16. The van der Waals surface area contributed by atoms with Crippen LogP contribution in [0.5, 0.6) is 0 Å². The highest BCUT2D eigenvalue weighted by molar-refractivity contribution is 6.01. The maximum atomic E-state index is 13.7. The van der Waals surface area contributed by atoms with E-state index in [0.717, 1.165) is 0 Å². The minimum Gasteiger partial charge on any atom is -0.334 e. The van der Waals surface area contributed by atoms with Crippen LogP contribution in [0, 0.1) is 5.82 Å². The summed E-state index contributed by atoms with van der Waals surface area (Å²) in [5.74, 6) is -0.846. The van der Waals surface area contributed by atoms with Gasteiger partial charge in [0.25, 0.3) is 0 Å². The van der Waals surface area contributed by atoms with Crippen LogP contribution in [0.15, 0.2) is 24.3 Å². The number of anilines is 1. The molecule has 0 spiro atoms. The van der Waals surface area contributed by atoms with Crippen molar-refractivity contribution in [3.8, 4) is 0 Å². The molecule has 2 amide bonds. The van der Waals surface area contributed by atoms with E-state index in [4.69, 9.17) is 5.73 Å². The Hall–Kier alpha value is -1.66. The summed E-state index contributed by atoms with van der Waals surface area (Å²) < 4.78 is 13.7. The topological polar surface area (TPSA) is 66.6 Å². The van der Waals surface area contributed by atoms with E-state index in [1.807, 2.05) is 0 Å². The van der Waals surface area contributed by atoms with Crippen LogP contribution in [-0.4, -0.2) is 42.9 Å². The first-order chi connectivity index (χ1) is 9.56.